The molecule has 2 heterocycles. The molecule has 0 spiro atoms. The van der Waals surface area contributed by atoms with Crippen molar-refractivity contribution in [3.8, 4) is 0 Å². The molecule has 1 aliphatic rings. The largest absolute Gasteiger partial charge is 0.465 e. The van der Waals surface area contributed by atoms with E-state index in [2.05, 4.69) is 25.7 Å². The van der Waals surface area contributed by atoms with Crippen LogP contribution in [0.4, 0.5) is 11.5 Å². The van der Waals surface area contributed by atoms with Crippen LogP contribution in [-0.4, -0.2) is 60.5 Å². The predicted molar refractivity (Wildman–Crippen MR) is 127 cm³/mol. The van der Waals surface area contributed by atoms with E-state index >= 15 is 0 Å². The van der Waals surface area contributed by atoms with Gasteiger partial charge in [-0.15, -0.1) is 10.2 Å². The molecule has 2 N–H and O–H groups in total. The minimum Gasteiger partial charge on any atom is -0.465 e. The number of methoxy groups -OCH3 is 1. The van der Waals surface area contributed by atoms with E-state index in [0.717, 1.165) is 31.6 Å². The highest BCUT2D eigenvalue weighted by Crippen LogP contribution is 2.23. The van der Waals surface area contributed by atoms with Crippen molar-refractivity contribution in [2.24, 2.45) is 5.92 Å². The number of para-hydroxylation sites is 1. The van der Waals surface area contributed by atoms with Gasteiger partial charge >= 0.3 is 5.97 Å². The number of aromatic nitrogens is 2. The summed E-state index contributed by atoms with van der Waals surface area (Å²) in [5, 5.41) is 14.8. The number of thioether (sulfide) groups is 1. The van der Waals surface area contributed by atoms with Crippen molar-refractivity contribution >= 4 is 41.1 Å². The molecule has 0 saturated carbocycles. The SMILES string of the molecule is CCCNC(=O)C1CCCN(c2ccc(SCC(=O)Nc3ccccc3C(=O)OC)nn2)C1. The minimum absolute atomic E-state index is 0.0438. The molecule has 9 nitrogen and oxygen atoms in total. The van der Waals surface area contributed by atoms with Gasteiger partial charge in [0, 0.05) is 19.6 Å². The minimum atomic E-state index is -0.511. The monoisotopic (exact) mass is 471 g/mol. The average Bonchev–Trinajstić information content (AvgIpc) is 2.86. The molecule has 3 rings (SSSR count). The fourth-order valence-corrected chi connectivity index (χ4v) is 4.17. The summed E-state index contributed by atoms with van der Waals surface area (Å²) in [7, 11) is 1.30. The smallest absolute Gasteiger partial charge is 0.339 e. The number of carbonyl (C=O) groups is 3. The summed E-state index contributed by atoms with van der Waals surface area (Å²) in [6.07, 6.45) is 2.72. The summed E-state index contributed by atoms with van der Waals surface area (Å²) in [6.45, 7) is 4.19. The Labute approximate surface area is 197 Å². The summed E-state index contributed by atoms with van der Waals surface area (Å²) in [5.41, 5.74) is 0.699. The van der Waals surface area contributed by atoms with E-state index in [4.69, 9.17) is 4.74 Å². The molecule has 10 heteroatoms. The first kappa shape index (κ1) is 24.5. The van der Waals surface area contributed by atoms with Crippen LogP contribution in [-0.2, 0) is 14.3 Å². The third kappa shape index (κ3) is 6.92. The summed E-state index contributed by atoms with van der Waals surface area (Å²) in [6, 6.07) is 10.4. The predicted octanol–water partition coefficient (Wildman–Crippen LogP) is 2.74. The van der Waals surface area contributed by atoms with Crippen LogP contribution in [0.5, 0.6) is 0 Å². The highest BCUT2D eigenvalue weighted by Gasteiger charge is 2.26. The number of nitrogens with zero attached hydrogens (tertiary/aromatic N) is 3. The molecule has 33 heavy (non-hydrogen) atoms. The molecule has 0 bridgehead atoms. The number of carbonyl (C=O) groups excluding carboxylic acids is 3. The molecule has 1 aliphatic heterocycles. The lowest BCUT2D eigenvalue weighted by Gasteiger charge is -2.32. The Balaban J connectivity index is 1.52. The Bertz CT molecular complexity index is 970. The molecule has 0 radical (unpaired) electrons. The van der Waals surface area contributed by atoms with Crippen molar-refractivity contribution in [1.29, 1.82) is 0 Å². The van der Waals surface area contributed by atoms with Crippen molar-refractivity contribution in [1.82, 2.24) is 15.5 Å². The van der Waals surface area contributed by atoms with Gasteiger partial charge in [-0.05, 0) is 43.5 Å². The van der Waals surface area contributed by atoms with Gasteiger partial charge in [0.15, 0.2) is 5.82 Å². The number of anilines is 2. The third-order valence-corrected chi connectivity index (χ3v) is 6.17. The van der Waals surface area contributed by atoms with Crippen LogP contribution in [0.25, 0.3) is 0 Å². The molecular formula is C23H29N5O4S. The first-order valence-electron chi connectivity index (χ1n) is 11.0. The molecule has 1 aromatic carbocycles. The summed E-state index contributed by atoms with van der Waals surface area (Å²) in [4.78, 5) is 38.6. The second kappa shape index (κ2) is 12.2. The van der Waals surface area contributed by atoms with Gasteiger partial charge in [-0.1, -0.05) is 30.8 Å². The maximum Gasteiger partial charge on any atom is 0.339 e. The highest BCUT2D eigenvalue weighted by atomic mass is 32.2. The Kier molecular flexibility index (Phi) is 9.05. The zero-order valence-electron chi connectivity index (χ0n) is 18.9. The van der Waals surface area contributed by atoms with E-state index in [1.54, 1.807) is 24.3 Å². The van der Waals surface area contributed by atoms with E-state index < -0.39 is 5.97 Å². The second-order valence-electron chi connectivity index (χ2n) is 7.68. The summed E-state index contributed by atoms with van der Waals surface area (Å²) >= 11 is 1.25. The van der Waals surface area contributed by atoms with Gasteiger partial charge < -0.3 is 20.3 Å². The second-order valence-corrected chi connectivity index (χ2v) is 8.68. The molecule has 2 amide bonds. The molecule has 1 fully saturated rings. The first-order chi connectivity index (χ1) is 16.0. The van der Waals surface area contributed by atoms with Gasteiger partial charge in [0.2, 0.25) is 11.8 Å². The number of hydrogen-bond acceptors (Lipinski definition) is 8. The normalized spacial score (nSPS) is 15.6. The number of esters is 1. The number of ether oxygens (including phenoxy) is 1. The van der Waals surface area contributed by atoms with Crippen molar-refractivity contribution in [2.75, 3.05) is 42.7 Å². The van der Waals surface area contributed by atoms with Crippen LogP contribution in [0, 0.1) is 5.92 Å². The Hall–Kier alpha value is -3.14. The topological polar surface area (TPSA) is 114 Å². The zero-order chi connectivity index (χ0) is 23.6. The maximum absolute atomic E-state index is 12.4. The van der Waals surface area contributed by atoms with Gasteiger partial charge in [0.1, 0.15) is 5.03 Å². The number of benzene rings is 1. The summed E-state index contributed by atoms with van der Waals surface area (Å²) in [5.74, 6) is 0.123. The molecule has 176 valence electrons. The van der Waals surface area contributed by atoms with Gasteiger partial charge in [-0.2, -0.15) is 0 Å². The lowest BCUT2D eigenvalue weighted by atomic mass is 9.97. The van der Waals surface area contributed by atoms with E-state index in [0.29, 0.717) is 29.4 Å². The van der Waals surface area contributed by atoms with Crippen LogP contribution < -0.4 is 15.5 Å². The molecule has 1 atom stereocenters. The number of amides is 2. The lowest BCUT2D eigenvalue weighted by Crippen LogP contribution is -2.43. The molecule has 1 unspecified atom stereocenters. The first-order valence-corrected chi connectivity index (χ1v) is 12.0. The Morgan fingerprint density at radius 3 is 2.73 bits per heavy atom. The van der Waals surface area contributed by atoms with Gasteiger partial charge in [-0.25, -0.2) is 4.79 Å². The molecule has 2 aromatic rings. The maximum atomic E-state index is 12.4. The van der Waals surface area contributed by atoms with Crippen LogP contribution in [0.1, 0.15) is 36.5 Å². The molecular weight excluding hydrogens is 442 g/mol. The Morgan fingerprint density at radius 2 is 2.00 bits per heavy atom. The van der Waals surface area contributed by atoms with Crippen molar-refractivity contribution in [3.05, 3.63) is 42.0 Å². The number of piperidine rings is 1. The van der Waals surface area contributed by atoms with Crippen LogP contribution in [0.15, 0.2) is 41.4 Å². The van der Waals surface area contributed by atoms with Crippen LogP contribution in [0.2, 0.25) is 0 Å². The Morgan fingerprint density at radius 1 is 1.18 bits per heavy atom. The van der Waals surface area contributed by atoms with Gasteiger partial charge in [0.25, 0.3) is 0 Å². The van der Waals surface area contributed by atoms with Crippen molar-refractivity contribution in [2.45, 2.75) is 31.2 Å². The van der Waals surface area contributed by atoms with E-state index in [1.165, 1.54) is 18.9 Å². The van der Waals surface area contributed by atoms with E-state index in [9.17, 15) is 14.4 Å². The standard InChI is InChI=1S/C23H29N5O4S/c1-3-12-24-22(30)16-7-6-13-28(14-16)19-10-11-21(27-26-19)33-15-20(29)25-18-9-5-4-8-17(18)23(31)32-2/h4-5,8-11,16H,3,6-7,12-15H2,1-2H3,(H,24,30)(H,25,29). The molecule has 1 aromatic heterocycles. The van der Waals surface area contributed by atoms with Crippen LogP contribution in [0.3, 0.4) is 0 Å². The average molecular weight is 472 g/mol. The molecule has 1 saturated heterocycles. The quantitative estimate of drug-likeness (QED) is 0.424. The van der Waals surface area contributed by atoms with Gasteiger partial charge in [0.05, 0.1) is 30.0 Å². The van der Waals surface area contributed by atoms with Crippen LogP contribution >= 0.6 is 11.8 Å². The third-order valence-electron chi connectivity index (χ3n) is 5.25. The van der Waals surface area contributed by atoms with E-state index in [-0.39, 0.29) is 23.5 Å². The van der Waals surface area contributed by atoms with Crippen molar-refractivity contribution < 1.29 is 19.1 Å². The number of rotatable bonds is 9. The molecule has 0 aliphatic carbocycles. The zero-order valence-corrected chi connectivity index (χ0v) is 19.7. The summed E-state index contributed by atoms with van der Waals surface area (Å²) < 4.78 is 4.75. The van der Waals surface area contributed by atoms with E-state index in [1.807, 2.05) is 19.1 Å². The fraction of sp³-hybridized carbons (Fsp3) is 0.435. The lowest BCUT2D eigenvalue weighted by molar-refractivity contribution is -0.125. The number of hydrogen-bond donors (Lipinski definition) is 2. The highest BCUT2D eigenvalue weighted by molar-refractivity contribution is 7.99. The van der Waals surface area contributed by atoms with Crippen molar-refractivity contribution in [3.63, 3.8) is 0 Å². The fourth-order valence-electron chi connectivity index (χ4n) is 3.56. The number of nitrogens with one attached hydrogen (secondary N) is 2. The van der Waals surface area contributed by atoms with Gasteiger partial charge in [-0.3, -0.25) is 9.59 Å².